The normalized spacial score (nSPS) is 12.0. The maximum Gasteiger partial charge on any atom is 0.191 e. The summed E-state index contributed by atoms with van der Waals surface area (Å²) in [6.45, 7) is 5.69. The summed E-state index contributed by atoms with van der Waals surface area (Å²) in [5, 5.41) is 6.47. The molecule has 0 spiro atoms. The SMILES string of the molecule is CCNC(=NCc1ccnc(-n2ccnc2)c1)NCC(C)Oc1cccc(F)c1.I. The van der Waals surface area contributed by atoms with Crippen LogP contribution < -0.4 is 15.4 Å². The highest BCUT2D eigenvalue weighted by atomic mass is 127. The first-order chi connectivity index (χ1) is 14.1. The summed E-state index contributed by atoms with van der Waals surface area (Å²) in [5.41, 5.74) is 1.03. The fraction of sp³-hybridized carbons (Fsp3) is 0.286. The first-order valence-corrected chi connectivity index (χ1v) is 9.51. The van der Waals surface area contributed by atoms with Gasteiger partial charge in [0.15, 0.2) is 5.96 Å². The molecule has 1 unspecified atom stereocenters. The van der Waals surface area contributed by atoms with Gasteiger partial charge in [0.25, 0.3) is 0 Å². The van der Waals surface area contributed by atoms with Crippen LogP contribution >= 0.6 is 24.0 Å². The molecule has 1 aromatic carbocycles. The second-order valence-corrected chi connectivity index (χ2v) is 6.45. The molecule has 2 aromatic heterocycles. The van der Waals surface area contributed by atoms with Crippen LogP contribution in [-0.4, -0.2) is 39.7 Å². The first-order valence-electron chi connectivity index (χ1n) is 9.51. The molecule has 0 saturated heterocycles. The largest absolute Gasteiger partial charge is 0.489 e. The van der Waals surface area contributed by atoms with Crippen molar-refractivity contribution in [3.63, 3.8) is 0 Å². The van der Waals surface area contributed by atoms with E-state index in [1.807, 2.05) is 36.7 Å². The summed E-state index contributed by atoms with van der Waals surface area (Å²) in [7, 11) is 0. The van der Waals surface area contributed by atoms with Gasteiger partial charge in [-0.05, 0) is 43.7 Å². The number of hydrogen-bond acceptors (Lipinski definition) is 4. The van der Waals surface area contributed by atoms with Gasteiger partial charge >= 0.3 is 0 Å². The van der Waals surface area contributed by atoms with Crippen molar-refractivity contribution in [3.8, 4) is 11.6 Å². The quantitative estimate of drug-likeness (QED) is 0.268. The van der Waals surface area contributed by atoms with E-state index in [0.717, 1.165) is 17.9 Å². The summed E-state index contributed by atoms with van der Waals surface area (Å²) < 4.78 is 20.9. The molecule has 0 aliphatic carbocycles. The molecular weight excluding hydrogens is 498 g/mol. The Morgan fingerprint density at radius 1 is 1.23 bits per heavy atom. The molecule has 0 fully saturated rings. The lowest BCUT2D eigenvalue weighted by Crippen LogP contribution is -2.41. The average molecular weight is 524 g/mol. The zero-order valence-electron chi connectivity index (χ0n) is 17.0. The summed E-state index contributed by atoms with van der Waals surface area (Å²) in [6.07, 6.45) is 6.87. The summed E-state index contributed by atoms with van der Waals surface area (Å²) in [5.74, 6) is 1.67. The molecule has 30 heavy (non-hydrogen) atoms. The molecular formula is C21H26FIN6O. The molecule has 3 aromatic rings. The minimum absolute atomic E-state index is 0. The minimum Gasteiger partial charge on any atom is -0.489 e. The molecule has 0 aliphatic rings. The molecule has 0 amide bonds. The molecule has 3 rings (SSSR count). The van der Waals surface area contributed by atoms with Crippen molar-refractivity contribution in [2.24, 2.45) is 4.99 Å². The van der Waals surface area contributed by atoms with Gasteiger partial charge in [-0.25, -0.2) is 19.4 Å². The predicted octanol–water partition coefficient (Wildman–Crippen LogP) is 3.55. The first kappa shape index (κ1) is 23.6. The highest BCUT2D eigenvalue weighted by molar-refractivity contribution is 14.0. The van der Waals surface area contributed by atoms with Gasteiger partial charge in [0.1, 0.15) is 29.8 Å². The van der Waals surface area contributed by atoms with Gasteiger partial charge in [0.2, 0.25) is 0 Å². The molecule has 1 atom stereocenters. The Bertz CT molecular complexity index is 935. The third-order valence-electron chi connectivity index (χ3n) is 4.03. The molecule has 0 saturated carbocycles. The van der Waals surface area contributed by atoms with Crippen molar-refractivity contribution >= 4 is 29.9 Å². The van der Waals surface area contributed by atoms with Gasteiger partial charge < -0.3 is 15.4 Å². The zero-order chi connectivity index (χ0) is 20.5. The van der Waals surface area contributed by atoms with Gasteiger partial charge in [0, 0.05) is 31.2 Å². The Labute approximate surface area is 192 Å². The van der Waals surface area contributed by atoms with Crippen molar-refractivity contribution < 1.29 is 9.13 Å². The van der Waals surface area contributed by atoms with Crippen LogP contribution in [0.5, 0.6) is 5.75 Å². The lowest BCUT2D eigenvalue weighted by atomic mass is 10.2. The Balaban J connectivity index is 0.00000320. The number of hydrogen-bond donors (Lipinski definition) is 2. The maximum absolute atomic E-state index is 13.3. The molecule has 2 N–H and O–H groups in total. The lowest BCUT2D eigenvalue weighted by Gasteiger charge is -2.17. The molecule has 160 valence electrons. The Kier molecular flexibility index (Phi) is 9.52. The van der Waals surface area contributed by atoms with E-state index < -0.39 is 0 Å². The highest BCUT2D eigenvalue weighted by Gasteiger charge is 2.07. The van der Waals surface area contributed by atoms with Crippen molar-refractivity contribution in [2.45, 2.75) is 26.5 Å². The summed E-state index contributed by atoms with van der Waals surface area (Å²) >= 11 is 0. The molecule has 7 nitrogen and oxygen atoms in total. The van der Waals surface area contributed by atoms with Crippen LogP contribution in [-0.2, 0) is 6.54 Å². The van der Waals surface area contributed by atoms with Gasteiger partial charge in [0.05, 0.1) is 13.1 Å². The number of guanidine groups is 1. The molecule has 9 heteroatoms. The van der Waals surface area contributed by atoms with Gasteiger partial charge in [-0.3, -0.25) is 4.57 Å². The van der Waals surface area contributed by atoms with Crippen LogP contribution in [0.4, 0.5) is 4.39 Å². The van der Waals surface area contributed by atoms with Crippen LogP contribution in [0.2, 0.25) is 0 Å². The summed E-state index contributed by atoms with van der Waals surface area (Å²) in [6, 6.07) is 10.0. The van der Waals surface area contributed by atoms with E-state index in [1.165, 1.54) is 12.1 Å². The number of pyridine rings is 1. The number of ether oxygens (including phenoxy) is 1. The Hall–Kier alpha value is -2.69. The minimum atomic E-state index is -0.315. The Morgan fingerprint density at radius 3 is 2.83 bits per heavy atom. The number of aromatic nitrogens is 3. The van der Waals surface area contributed by atoms with Gasteiger partial charge in [-0.2, -0.15) is 0 Å². The monoisotopic (exact) mass is 524 g/mol. The number of benzene rings is 1. The average Bonchev–Trinajstić information content (AvgIpc) is 3.25. The second-order valence-electron chi connectivity index (χ2n) is 6.45. The van der Waals surface area contributed by atoms with Gasteiger partial charge in [-0.15, -0.1) is 24.0 Å². The van der Waals surface area contributed by atoms with E-state index in [9.17, 15) is 4.39 Å². The number of aliphatic imine (C=N–C) groups is 1. The molecule has 0 aliphatic heterocycles. The number of imidazole rings is 1. The summed E-state index contributed by atoms with van der Waals surface area (Å²) in [4.78, 5) is 13.0. The fourth-order valence-corrected chi connectivity index (χ4v) is 2.66. The van der Waals surface area contributed by atoms with Crippen molar-refractivity contribution in [3.05, 3.63) is 72.7 Å². The third-order valence-corrected chi connectivity index (χ3v) is 4.03. The predicted molar refractivity (Wildman–Crippen MR) is 126 cm³/mol. The topological polar surface area (TPSA) is 76.4 Å². The number of nitrogens with one attached hydrogen (secondary N) is 2. The molecule has 2 heterocycles. The van der Waals surface area contributed by atoms with E-state index >= 15 is 0 Å². The maximum atomic E-state index is 13.3. The number of nitrogens with zero attached hydrogens (tertiary/aromatic N) is 4. The van der Waals surface area contributed by atoms with E-state index in [1.54, 1.807) is 30.9 Å². The van der Waals surface area contributed by atoms with Crippen LogP contribution in [0.15, 0.2) is 66.3 Å². The smallest absolute Gasteiger partial charge is 0.191 e. The van der Waals surface area contributed by atoms with Crippen LogP contribution in [0.1, 0.15) is 19.4 Å². The van der Waals surface area contributed by atoms with Crippen LogP contribution in [0, 0.1) is 5.82 Å². The van der Waals surface area contributed by atoms with Gasteiger partial charge in [-0.1, -0.05) is 6.07 Å². The standard InChI is InChI=1S/C21H25FN6O.HI/c1-3-24-21(26-13-16(2)29-19-6-4-5-18(22)12-19)27-14-17-7-8-25-20(11-17)28-10-9-23-15-28;/h4-12,15-16H,3,13-14H2,1-2H3,(H2,24,26,27);1H. The third kappa shape index (κ3) is 7.29. The number of halogens is 2. The molecule has 0 bridgehead atoms. The van der Waals surface area contributed by atoms with E-state index in [4.69, 9.17) is 4.74 Å². The van der Waals surface area contributed by atoms with E-state index in [2.05, 4.69) is 25.6 Å². The zero-order valence-corrected chi connectivity index (χ0v) is 19.3. The fourth-order valence-electron chi connectivity index (χ4n) is 2.66. The van der Waals surface area contributed by atoms with Crippen LogP contribution in [0.3, 0.4) is 0 Å². The van der Waals surface area contributed by atoms with Crippen molar-refractivity contribution in [1.82, 2.24) is 25.2 Å². The Morgan fingerprint density at radius 2 is 2.10 bits per heavy atom. The van der Waals surface area contributed by atoms with E-state index in [-0.39, 0.29) is 35.9 Å². The second kappa shape index (κ2) is 12.1. The lowest BCUT2D eigenvalue weighted by molar-refractivity contribution is 0.223. The van der Waals surface area contributed by atoms with Crippen molar-refractivity contribution in [2.75, 3.05) is 13.1 Å². The molecule has 0 radical (unpaired) electrons. The highest BCUT2D eigenvalue weighted by Crippen LogP contribution is 2.13. The number of rotatable bonds is 8. The van der Waals surface area contributed by atoms with E-state index in [0.29, 0.717) is 24.8 Å². The van der Waals surface area contributed by atoms with Crippen LogP contribution in [0.25, 0.3) is 5.82 Å². The van der Waals surface area contributed by atoms with Crippen molar-refractivity contribution in [1.29, 1.82) is 0 Å².